The quantitative estimate of drug-likeness (QED) is 0.816. The minimum atomic E-state index is -4.32. The van der Waals surface area contributed by atoms with Gasteiger partial charge in [-0.05, 0) is 31.6 Å². The van der Waals surface area contributed by atoms with Gasteiger partial charge in [0.1, 0.15) is 0 Å². The average Bonchev–Trinajstić information content (AvgIpc) is 3.26. The van der Waals surface area contributed by atoms with E-state index < -0.39 is 36.8 Å². The Morgan fingerprint density at radius 3 is 2.32 bits per heavy atom. The molecule has 0 radical (unpaired) electrons. The molecule has 2 aliphatic heterocycles. The first-order chi connectivity index (χ1) is 11.7. The fourth-order valence-corrected chi connectivity index (χ4v) is 4.33. The van der Waals surface area contributed by atoms with Gasteiger partial charge in [0, 0.05) is 44.6 Å². The maximum Gasteiger partial charge on any atom is 0.389 e. The Morgan fingerprint density at radius 1 is 1.16 bits per heavy atom. The maximum absolute atomic E-state index is 12.3. The fourth-order valence-electron chi connectivity index (χ4n) is 4.33. The summed E-state index contributed by atoms with van der Waals surface area (Å²) in [6, 6.07) is 0. The highest BCUT2D eigenvalue weighted by atomic mass is 19.4. The van der Waals surface area contributed by atoms with Crippen molar-refractivity contribution in [1.82, 2.24) is 9.80 Å². The summed E-state index contributed by atoms with van der Waals surface area (Å²) in [5, 5.41) is 9.61. The van der Waals surface area contributed by atoms with E-state index in [-0.39, 0.29) is 5.41 Å². The lowest BCUT2D eigenvalue weighted by Crippen LogP contribution is -2.48. The molecule has 1 N–H and O–H groups in total. The van der Waals surface area contributed by atoms with Crippen LogP contribution in [0.25, 0.3) is 0 Å². The molecule has 3 rings (SSSR count). The Labute approximate surface area is 145 Å². The van der Waals surface area contributed by atoms with Crippen molar-refractivity contribution in [1.29, 1.82) is 0 Å². The van der Waals surface area contributed by atoms with Crippen molar-refractivity contribution in [3.05, 3.63) is 0 Å². The average molecular weight is 362 g/mol. The number of alkyl halides is 3. The van der Waals surface area contributed by atoms with Crippen LogP contribution < -0.4 is 0 Å². The highest BCUT2D eigenvalue weighted by Crippen LogP contribution is 2.46. The molecule has 1 atom stereocenters. The molecule has 1 aliphatic carbocycles. The largest absolute Gasteiger partial charge is 0.481 e. The number of hydrogen-bond acceptors (Lipinski definition) is 3. The van der Waals surface area contributed by atoms with E-state index in [2.05, 4.69) is 4.90 Å². The van der Waals surface area contributed by atoms with Crippen LogP contribution in [0.1, 0.15) is 38.5 Å². The van der Waals surface area contributed by atoms with E-state index in [1.165, 1.54) is 17.7 Å². The van der Waals surface area contributed by atoms with Gasteiger partial charge in [0.25, 0.3) is 0 Å². The monoisotopic (exact) mass is 362 g/mol. The minimum Gasteiger partial charge on any atom is -0.481 e. The second-order valence-corrected chi connectivity index (χ2v) is 7.89. The van der Waals surface area contributed by atoms with Crippen LogP contribution >= 0.6 is 0 Å². The molecule has 5 nitrogen and oxygen atoms in total. The Bertz CT molecular complexity index is 526. The van der Waals surface area contributed by atoms with Crippen molar-refractivity contribution < 1.29 is 27.9 Å². The third-order valence-electron chi connectivity index (χ3n) is 5.96. The molecule has 2 saturated heterocycles. The van der Waals surface area contributed by atoms with Gasteiger partial charge in [-0.3, -0.25) is 9.59 Å². The molecule has 142 valence electrons. The van der Waals surface area contributed by atoms with Crippen LogP contribution in [0.15, 0.2) is 0 Å². The van der Waals surface area contributed by atoms with Gasteiger partial charge < -0.3 is 14.9 Å². The number of nitrogens with zero attached hydrogens (tertiary/aromatic N) is 2. The molecule has 0 bridgehead atoms. The minimum absolute atomic E-state index is 0.346. The van der Waals surface area contributed by atoms with Crippen molar-refractivity contribution in [2.24, 2.45) is 17.3 Å². The lowest BCUT2D eigenvalue weighted by molar-refractivity contribution is -0.152. The Kier molecular flexibility index (Phi) is 5.01. The molecule has 0 aromatic heterocycles. The van der Waals surface area contributed by atoms with Gasteiger partial charge in [-0.25, -0.2) is 0 Å². The molecule has 1 unspecified atom stereocenters. The van der Waals surface area contributed by atoms with Gasteiger partial charge in [-0.2, -0.15) is 13.2 Å². The van der Waals surface area contributed by atoms with Crippen LogP contribution in [-0.2, 0) is 9.59 Å². The third-order valence-corrected chi connectivity index (χ3v) is 5.96. The number of carbonyl (C=O) groups is 2. The van der Waals surface area contributed by atoms with Gasteiger partial charge in [-0.1, -0.05) is 0 Å². The van der Waals surface area contributed by atoms with Crippen LogP contribution in [0.5, 0.6) is 0 Å². The summed E-state index contributed by atoms with van der Waals surface area (Å²) in [6.45, 7) is 2.94. The second kappa shape index (κ2) is 6.78. The van der Waals surface area contributed by atoms with E-state index in [0.29, 0.717) is 38.4 Å². The van der Waals surface area contributed by atoms with E-state index in [0.717, 1.165) is 13.1 Å². The van der Waals surface area contributed by atoms with Crippen LogP contribution in [0.2, 0.25) is 0 Å². The molecule has 0 aromatic carbocycles. The van der Waals surface area contributed by atoms with E-state index in [1.54, 1.807) is 0 Å². The summed E-state index contributed by atoms with van der Waals surface area (Å²) in [5.74, 6) is -1.03. The van der Waals surface area contributed by atoms with Crippen molar-refractivity contribution in [3.63, 3.8) is 0 Å². The summed E-state index contributed by atoms with van der Waals surface area (Å²) >= 11 is 0. The summed E-state index contributed by atoms with van der Waals surface area (Å²) in [6.07, 6.45) is -2.40. The molecule has 25 heavy (non-hydrogen) atoms. The Balaban J connectivity index is 1.56. The smallest absolute Gasteiger partial charge is 0.389 e. The maximum atomic E-state index is 12.3. The SMILES string of the molecule is O=C(O)C1CN(CC2CC2)CC12CCN(C(=O)CCC(F)(F)F)CC2. The van der Waals surface area contributed by atoms with Crippen LogP contribution in [-0.4, -0.2) is 65.7 Å². The van der Waals surface area contributed by atoms with Gasteiger partial charge in [-0.15, -0.1) is 0 Å². The number of likely N-dealkylation sites (tertiary alicyclic amines) is 2. The van der Waals surface area contributed by atoms with Crippen molar-refractivity contribution in [2.75, 3.05) is 32.7 Å². The number of aliphatic carboxylic acids is 1. The zero-order valence-corrected chi connectivity index (χ0v) is 14.2. The Hall–Kier alpha value is -1.31. The van der Waals surface area contributed by atoms with E-state index in [1.807, 2.05) is 0 Å². The molecule has 3 aliphatic rings. The van der Waals surface area contributed by atoms with Gasteiger partial charge in [0.15, 0.2) is 0 Å². The zero-order valence-electron chi connectivity index (χ0n) is 14.2. The third kappa shape index (κ3) is 4.46. The summed E-state index contributed by atoms with van der Waals surface area (Å²) in [4.78, 5) is 27.4. The number of carboxylic acid groups (broad SMARTS) is 1. The molecule has 8 heteroatoms. The Morgan fingerprint density at radius 2 is 1.80 bits per heavy atom. The number of carboxylic acids is 1. The van der Waals surface area contributed by atoms with Crippen LogP contribution in [0.3, 0.4) is 0 Å². The normalized spacial score (nSPS) is 27.0. The summed E-state index contributed by atoms with van der Waals surface area (Å²) in [7, 11) is 0. The van der Waals surface area contributed by atoms with Crippen LogP contribution in [0.4, 0.5) is 13.2 Å². The highest BCUT2D eigenvalue weighted by Gasteiger charge is 2.52. The highest BCUT2D eigenvalue weighted by molar-refractivity contribution is 5.76. The number of carbonyl (C=O) groups excluding carboxylic acids is 1. The van der Waals surface area contributed by atoms with E-state index >= 15 is 0 Å². The number of rotatable bonds is 5. The van der Waals surface area contributed by atoms with Crippen molar-refractivity contribution >= 4 is 11.9 Å². The first-order valence-electron chi connectivity index (χ1n) is 8.98. The summed E-state index contributed by atoms with van der Waals surface area (Å²) < 4.78 is 36.8. The second-order valence-electron chi connectivity index (χ2n) is 7.89. The predicted octanol–water partition coefficient (Wildman–Crippen LogP) is 2.36. The van der Waals surface area contributed by atoms with Gasteiger partial charge >= 0.3 is 12.1 Å². The van der Waals surface area contributed by atoms with E-state index in [4.69, 9.17) is 0 Å². The van der Waals surface area contributed by atoms with Crippen molar-refractivity contribution in [2.45, 2.75) is 44.7 Å². The topological polar surface area (TPSA) is 60.9 Å². The number of hydrogen-bond donors (Lipinski definition) is 1. The molecule has 1 amide bonds. The standard InChI is InChI=1S/C17H25F3N2O3/c18-17(19,20)4-3-14(23)22-7-5-16(6-8-22)11-21(9-12-1-2-12)10-13(16)15(24)25/h12-13H,1-11H2,(H,24,25). The number of halogens is 3. The molecule has 2 heterocycles. The predicted molar refractivity (Wildman–Crippen MR) is 83.8 cm³/mol. The van der Waals surface area contributed by atoms with Gasteiger partial charge in [0.2, 0.25) is 5.91 Å². The van der Waals surface area contributed by atoms with Crippen molar-refractivity contribution in [3.8, 4) is 0 Å². The van der Waals surface area contributed by atoms with E-state index in [9.17, 15) is 27.9 Å². The molecule has 3 fully saturated rings. The summed E-state index contributed by atoms with van der Waals surface area (Å²) in [5.41, 5.74) is -0.346. The lowest BCUT2D eigenvalue weighted by atomic mass is 9.71. The van der Waals surface area contributed by atoms with Gasteiger partial charge in [0.05, 0.1) is 12.3 Å². The molecule has 1 saturated carbocycles. The fraction of sp³-hybridized carbons (Fsp3) is 0.882. The number of amides is 1. The molecular formula is C17H25F3N2O3. The molecule has 1 spiro atoms. The zero-order chi connectivity index (χ0) is 18.2. The van der Waals surface area contributed by atoms with Crippen LogP contribution in [0, 0.1) is 17.3 Å². The first kappa shape index (κ1) is 18.5. The lowest BCUT2D eigenvalue weighted by Gasteiger charge is -2.41. The molecular weight excluding hydrogens is 337 g/mol. The number of piperidine rings is 1. The first-order valence-corrected chi connectivity index (χ1v) is 8.98. The molecule has 0 aromatic rings.